The van der Waals surface area contributed by atoms with Crippen LogP contribution in [0.5, 0.6) is 0 Å². The van der Waals surface area contributed by atoms with Crippen LogP contribution in [0.15, 0.2) is 47.4 Å². The molecule has 4 rings (SSSR count). The van der Waals surface area contributed by atoms with Gasteiger partial charge in [-0.3, -0.25) is 4.79 Å². The highest BCUT2D eigenvalue weighted by Gasteiger charge is 2.32. The summed E-state index contributed by atoms with van der Waals surface area (Å²) in [7, 11) is -3.51. The molecule has 0 radical (unpaired) electrons. The lowest BCUT2D eigenvalue weighted by Crippen LogP contribution is -2.41. The van der Waals surface area contributed by atoms with E-state index in [4.69, 9.17) is 0 Å². The monoisotopic (exact) mass is 429 g/mol. The molecule has 1 aliphatic heterocycles. The number of nitrogens with one attached hydrogen (secondary N) is 1. The molecule has 0 saturated carbocycles. The Morgan fingerprint density at radius 2 is 1.79 bits per heavy atom. The molecule has 3 aromatic rings. The van der Waals surface area contributed by atoms with E-state index < -0.39 is 10.0 Å². The number of sulfonamides is 1. The van der Waals surface area contributed by atoms with E-state index in [2.05, 4.69) is 10.3 Å². The number of hydrogen-bond donors (Lipinski definition) is 1. The number of piperidine rings is 1. The fourth-order valence-electron chi connectivity index (χ4n) is 3.58. The number of benzene rings is 2. The molecule has 0 bridgehead atoms. The third-order valence-corrected chi connectivity index (χ3v) is 8.09. The fraction of sp³-hybridized carbons (Fsp3) is 0.333. The van der Waals surface area contributed by atoms with Gasteiger partial charge in [0.2, 0.25) is 15.9 Å². The normalized spacial score (nSPS) is 16.2. The molecule has 0 atom stereocenters. The Morgan fingerprint density at radius 3 is 2.48 bits per heavy atom. The molecule has 0 unspecified atom stereocenters. The van der Waals surface area contributed by atoms with E-state index in [-0.39, 0.29) is 11.8 Å². The summed E-state index contributed by atoms with van der Waals surface area (Å²) in [5.74, 6) is -0.253. The van der Waals surface area contributed by atoms with Crippen molar-refractivity contribution < 1.29 is 13.2 Å². The molecule has 2 heterocycles. The first-order valence-corrected chi connectivity index (χ1v) is 11.8. The lowest BCUT2D eigenvalue weighted by molar-refractivity contribution is -0.120. The summed E-state index contributed by atoms with van der Waals surface area (Å²) >= 11 is 1.59. The van der Waals surface area contributed by atoms with Gasteiger partial charge in [0.05, 0.1) is 20.1 Å². The Labute approximate surface area is 174 Å². The molecule has 2 aromatic carbocycles. The molecule has 6 nitrogen and oxygen atoms in total. The number of fused-ring (bicyclic) bond motifs is 1. The van der Waals surface area contributed by atoms with Crippen LogP contribution in [0.3, 0.4) is 0 Å². The number of nitrogens with zero attached hydrogens (tertiary/aromatic N) is 2. The van der Waals surface area contributed by atoms with Gasteiger partial charge in [-0.05, 0) is 57.0 Å². The summed E-state index contributed by atoms with van der Waals surface area (Å²) in [6.45, 7) is 4.58. The van der Waals surface area contributed by atoms with Gasteiger partial charge in [0.1, 0.15) is 0 Å². The maximum atomic E-state index is 12.8. The summed E-state index contributed by atoms with van der Waals surface area (Å²) in [6.07, 6.45) is 1.03. The first-order valence-electron chi connectivity index (χ1n) is 9.58. The minimum atomic E-state index is -3.51. The SMILES string of the molecule is Cc1ccc(S(=O)(=O)N2CCC(C(=O)Nc3ccc4nc(C)sc4c3)CC2)cc1. The first kappa shape index (κ1) is 20.0. The van der Waals surface area contributed by atoms with Crippen LogP contribution in [0.1, 0.15) is 23.4 Å². The van der Waals surface area contributed by atoms with Gasteiger partial charge >= 0.3 is 0 Å². The number of anilines is 1. The lowest BCUT2D eigenvalue weighted by Gasteiger charge is -2.30. The van der Waals surface area contributed by atoms with Gasteiger partial charge in [-0.15, -0.1) is 11.3 Å². The smallest absolute Gasteiger partial charge is 0.243 e. The highest BCUT2D eigenvalue weighted by Crippen LogP contribution is 2.27. The van der Waals surface area contributed by atoms with Crippen LogP contribution in [0.25, 0.3) is 10.2 Å². The van der Waals surface area contributed by atoms with Gasteiger partial charge in [0.25, 0.3) is 0 Å². The minimum Gasteiger partial charge on any atom is -0.326 e. The molecule has 0 aliphatic carbocycles. The van der Waals surface area contributed by atoms with Crippen molar-refractivity contribution in [1.82, 2.24) is 9.29 Å². The first-order chi connectivity index (χ1) is 13.8. The molecule has 1 aromatic heterocycles. The average molecular weight is 430 g/mol. The second kappa shape index (κ2) is 7.85. The van der Waals surface area contributed by atoms with Crippen molar-refractivity contribution >= 4 is 43.2 Å². The number of hydrogen-bond acceptors (Lipinski definition) is 5. The molecule has 0 spiro atoms. The van der Waals surface area contributed by atoms with Crippen molar-refractivity contribution in [3.8, 4) is 0 Å². The van der Waals surface area contributed by atoms with E-state index in [0.717, 1.165) is 26.5 Å². The summed E-state index contributed by atoms with van der Waals surface area (Å²) in [4.78, 5) is 17.4. The van der Waals surface area contributed by atoms with E-state index in [0.29, 0.717) is 30.8 Å². The second-order valence-electron chi connectivity index (χ2n) is 7.40. The molecular weight excluding hydrogens is 406 g/mol. The summed E-state index contributed by atoms with van der Waals surface area (Å²) < 4.78 is 28.1. The Morgan fingerprint density at radius 1 is 1.10 bits per heavy atom. The average Bonchev–Trinajstić information content (AvgIpc) is 3.07. The van der Waals surface area contributed by atoms with Gasteiger partial charge in [0.15, 0.2) is 0 Å². The zero-order chi connectivity index (χ0) is 20.6. The van der Waals surface area contributed by atoms with Gasteiger partial charge in [-0.2, -0.15) is 4.31 Å². The third kappa shape index (κ3) is 4.19. The molecule has 1 saturated heterocycles. The molecule has 152 valence electrons. The maximum absolute atomic E-state index is 12.8. The molecule has 29 heavy (non-hydrogen) atoms. The quantitative estimate of drug-likeness (QED) is 0.681. The second-order valence-corrected chi connectivity index (χ2v) is 10.6. The van der Waals surface area contributed by atoms with E-state index in [1.807, 2.05) is 32.0 Å². The Hall–Kier alpha value is -2.29. The van der Waals surface area contributed by atoms with Gasteiger partial charge < -0.3 is 5.32 Å². The third-order valence-electron chi connectivity index (χ3n) is 5.25. The van der Waals surface area contributed by atoms with Gasteiger partial charge in [0, 0.05) is 24.7 Å². The number of thiazole rings is 1. The van der Waals surface area contributed by atoms with Crippen LogP contribution >= 0.6 is 11.3 Å². The summed E-state index contributed by atoms with van der Waals surface area (Å²) in [6, 6.07) is 12.6. The van der Waals surface area contributed by atoms with Crippen LogP contribution in [0.4, 0.5) is 5.69 Å². The predicted molar refractivity (Wildman–Crippen MR) is 116 cm³/mol. The van der Waals surface area contributed by atoms with Crippen LogP contribution in [-0.4, -0.2) is 36.7 Å². The Balaban J connectivity index is 1.39. The van der Waals surface area contributed by atoms with Crippen molar-refractivity contribution in [1.29, 1.82) is 0 Å². The number of carbonyl (C=O) groups excluding carboxylic acids is 1. The van der Waals surface area contributed by atoms with E-state index in [1.54, 1.807) is 35.6 Å². The van der Waals surface area contributed by atoms with E-state index in [9.17, 15) is 13.2 Å². The van der Waals surface area contributed by atoms with Crippen molar-refractivity contribution in [3.63, 3.8) is 0 Å². The Bertz CT molecular complexity index is 1150. The van der Waals surface area contributed by atoms with Crippen molar-refractivity contribution in [2.45, 2.75) is 31.6 Å². The number of aryl methyl sites for hydroxylation is 2. The van der Waals surface area contributed by atoms with Crippen molar-refractivity contribution in [2.75, 3.05) is 18.4 Å². The molecule has 1 fully saturated rings. The lowest BCUT2D eigenvalue weighted by atomic mass is 9.97. The van der Waals surface area contributed by atoms with Crippen molar-refractivity contribution in [2.24, 2.45) is 5.92 Å². The number of aromatic nitrogens is 1. The zero-order valence-electron chi connectivity index (χ0n) is 16.4. The standard InChI is InChI=1S/C21H23N3O3S2/c1-14-3-6-18(7-4-14)29(26,27)24-11-9-16(10-12-24)21(25)23-17-5-8-19-20(13-17)28-15(2)22-19/h3-8,13,16H,9-12H2,1-2H3,(H,23,25). The van der Waals surface area contributed by atoms with Crippen LogP contribution in [0, 0.1) is 19.8 Å². The zero-order valence-corrected chi connectivity index (χ0v) is 18.0. The molecule has 1 aliphatic rings. The van der Waals surface area contributed by atoms with E-state index in [1.165, 1.54) is 4.31 Å². The largest absolute Gasteiger partial charge is 0.326 e. The van der Waals surface area contributed by atoms with Gasteiger partial charge in [-0.25, -0.2) is 13.4 Å². The van der Waals surface area contributed by atoms with E-state index >= 15 is 0 Å². The number of amides is 1. The van der Waals surface area contributed by atoms with Crippen LogP contribution in [-0.2, 0) is 14.8 Å². The minimum absolute atomic E-state index is 0.0574. The summed E-state index contributed by atoms with van der Waals surface area (Å²) in [5.41, 5.74) is 2.70. The number of rotatable bonds is 4. The highest BCUT2D eigenvalue weighted by molar-refractivity contribution is 7.89. The highest BCUT2D eigenvalue weighted by atomic mass is 32.2. The molecule has 8 heteroatoms. The maximum Gasteiger partial charge on any atom is 0.243 e. The van der Waals surface area contributed by atoms with Crippen LogP contribution < -0.4 is 5.32 Å². The van der Waals surface area contributed by atoms with Gasteiger partial charge in [-0.1, -0.05) is 17.7 Å². The Kier molecular flexibility index (Phi) is 5.42. The predicted octanol–water partition coefficient (Wildman–Crippen LogP) is 3.95. The molecule has 1 N–H and O–H groups in total. The fourth-order valence-corrected chi connectivity index (χ4v) is 5.92. The van der Waals surface area contributed by atoms with Crippen LogP contribution in [0.2, 0.25) is 0 Å². The number of carbonyl (C=O) groups is 1. The topological polar surface area (TPSA) is 79.4 Å². The molecular formula is C21H23N3O3S2. The van der Waals surface area contributed by atoms with Crippen molar-refractivity contribution in [3.05, 3.63) is 53.0 Å². The molecule has 1 amide bonds. The summed E-state index contributed by atoms with van der Waals surface area (Å²) in [5, 5.41) is 3.97.